The average Bonchev–Trinajstić information content (AvgIpc) is 2.54. The van der Waals surface area contributed by atoms with Gasteiger partial charge in [-0.1, -0.05) is 39.8 Å². The average molecular weight is 395 g/mol. The standard InChI is InChI=1S/C16H15BrN2O3S/c1-9-13(15(21)22-2)14(10-3-5-11(17)6-4-10)19-12(20)7-8-23-16(19)18-9/h3-6,14H,7-8H2,1-2H3. The van der Waals surface area contributed by atoms with Crippen molar-refractivity contribution in [3.63, 3.8) is 0 Å². The second kappa shape index (κ2) is 6.49. The van der Waals surface area contributed by atoms with Crippen molar-refractivity contribution in [3.8, 4) is 0 Å². The van der Waals surface area contributed by atoms with Crippen molar-refractivity contribution < 1.29 is 14.3 Å². The lowest BCUT2D eigenvalue weighted by atomic mass is 9.94. The molecule has 23 heavy (non-hydrogen) atoms. The Morgan fingerprint density at radius 1 is 1.39 bits per heavy atom. The number of amides is 1. The summed E-state index contributed by atoms with van der Waals surface area (Å²) >= 11 is 4.94. The maximum Gasteiger partial charge on any atom is 0.338 e. The number of nitrogens with zero attached hydrogens (tertiary/aromatic N) is 2. The topological polar surface area (TPSA) is 59.0 Å². The molecule has 1 amide bonds. The highest BCUT2D eigenvalue weighted by atomic mass is 79.9. The van der Waals surface area contributed by atoms with Crippen molar-refractivity contribution >= 4 is 44.7 Å². The Labute approximate surface area is 146 Å². The minimum Gasteiger partial charge on any atom is -0.466 e. The third-order valence-electron chi connectivity index (χ3n) is 3.80. The molecule has 0 bridgehead atoms. The van der Waals surface area contributed by atoms with Gasteiger partial charge in [0.15, 0.2) is 5.17 Å². The molecule has 2 aliphatic rings. The molecule has 0 radical (unpaired) electrons. The van der Waals surface area contributed by atoms with Crippen LogP contribution in [0.2, 0.25) is 0 Å². The number of rotatable bonds is 2. The van der Waals surface area contributed by atoms with Crippen molar-refractivity contribution in [2.24, 2.45) is 4.99 Å². The Bertz CT molecular complexity index is 727. The lowest BCUT2D eigenvalue weighted by Crippen LogP contribution is -2.45. The summed E-state index contributed by atoms with van der Waals surface area (Å²) < 4.78 is 5.87. The first kappa shape index (κ1) is 16.3. The van der Waals surface area contributed by atoms with Crippen LogP contribution in [0, 0.1) is 0 Å². The maximum atomic E-state index is 12.5. The first-order valence-corrected chi connectivity index (χ1v) is 8.89. The van der Waals surface area contributed by atoms with Crippen molar-refractivity contribution in [1.82, 2.24) is 4.90 Å². The molecule has 3 rings (SSSR count). The van der Waals surface area contributed by atoms with Crippen molar-refractivity contribution in [2.75, 3.05) is 12.9 Å². The third kappa shape index (κ3) is 2.95. The fourth-order valence-electron chi connectivity index (χ4n) is 2.73. The van der Waals surface area contributed by atoms with Crippen molar-refractivity contribution in [3.05, 3.63) is 45.6 Å². The van der Waals surface area contributed by atoms with Crippen LogP contribution in [0.15, 0.2) is 45.0 Å². The van der Waals surface area contributed by atoms with Crippen LogP contribution in [-0.4, -0.2) is 34.8 Å². The molecule has 7 heteroatoms. The summed E-state index contributed by atoms with van der Waals surface area (Å²) in [5.41, 5.74) is 1.86. The number of amidine groups is 1. The van der Waals surface area contributed by atoms with Crippen LogP contribution in [0.1, 0.15) is 24.9 Å². The van der Waals surface area contributed by atoms with Crippen LogP contribution >= 0.6 is 27.7 Å². The molecule has 1 fully saturated rings. The zero-order valence-corrected chi connectivity index (χ0v) is 15.1. The normalized spacial score (nSPS) is 21.0. The molecule has 1 unspecified atom stereocenters. The van der Waals surface area contributed by atoms with E-state index in [4.69, 9.17) is 4.74 Å². The van der Waals surface area contributed by atoms with Gasteiger partial charge in [-0.25, -0.2) is 9.79 Å². The van der Waals surface area contributed by atoms with Crippen LogP contribution < -0.4 is 0 Å². The van der Waals surface area contributed by atoms with Crippen LogP contribution in [0.25, 0.3) is 0 Å². The first-order chi connectivity index (χ1) is 11.0. The number of hydrogen-bond donors (Lipinski definition) is 0. The minimum atomic E-state index is -0.497. The molecule has 5 nitrogen and oxygen atoms in total. The molecule has 1 aromatic rings. The predicted molar refractivity (Wildman–Crippen MR) is 93.0 cm³/mol. The number of halogens is 1. The van der Waals surface area contributed by atoms with Gasteiger partial charge in [-0.05, 0) is 24.6 Å². The first-order valence-electron chi connectivity index (χ1n) is 7.11. The van der Waals surface area contributed by atoms with Gasteiger partial charge >= 0.3 is 5.97 Å². The second-order valence-corrected chi connectivity index (χ2v) is 7.18. The van der Waals surface area contributed by atoms with Crippen LogP contribution in [-0.2, 0) is 14.3 Å². The molecular formula is C16H15BrN2O3S. The number of aliphatic imine (C=N–C) groups is 1. The fraction of sp³-hybridized carbons (Fsp3) is 0.312. The number of carbonyl (C=O) groups excluding carboxylic acids is 2. The number of ether oxygens (including phenoxy) is 1. The van der Waals surface area contributed by atoms with E-state index < -0.39 is 12.0 Å². The summed E-state index contributed by atoms with van der Waals surface area (Å²) in [6, 6.07) is 7.10. The van der Waals surface area contributed by atoms with Crippen molar-refractivity contribution in [2.45, 2.75) is 19.4 Å². The van der Waals surface area contributed by atoms with E-state index in [0.717, 1.165) is 10.0 Å². The molecule has 0 aliphatic carbocycles. The van der Waals surface area contributed by atoms with Gasteiger partial charge in [0.05, 0.1) is 24.4 Å². The number of benzene rings is 1. The van der Waals surface area contributed by atoms with Gasteiger partial charge in [-0.2, -0.15) is 0 Å². The van der Waals surface area contributed by atoms with Crippen LogP contribution in [0.4, 0.5) is 0 Å². The van der Waals surface area contributed by atoms with Gasteiger partial charge in [0.2, 0.25) is 5.91 Å². The Balaban J connectivity index is 2.17. The number of thioether (sulfide) groups is 1. The van der Waals surface area contributed by atoms with Gasteiger partial charge in [-0.3, -0.25) is 9.69 Å². The molecule has 2 aliphatic heterocycles. The van der Waals surface area contributed by atoms with Crippen LogP contribution in [0.5, 0.6) is 0 Å². The highest BCUT2D eigenvalue weighted by Crippen LogP contribution is 2.40. The Morgan fingerprint density at radius 3 is 2.74 bits per heavy atom. The highest BCUT2D eigenvalue weighted by molar-refractivity contribution is 9.10. The molecule has 0 spiro atoms. The van der Waals surface area contributed by atoms with E-state index in [9.17, 15) is 9.59 Å². The summed E-state index contributed by atoms with van der Waals surface area (Å²) in [5, 5.41) is 0.652. The molecule has 120 valence electrons. The monoisotopic (exact) mass is 394 g/mol. The Morgan fingerprint density at radius 2 is 2.09 bits per heavy atom. The lowest BCUT2D eigenvalue weighted by Gasteiger charge is -2.38. The zero-order valence-electron chi connectivity index (χ0n) is 12.7. The fourth-order valence-corrected chi connectivity index (χ4v) is 4.00. The highest BCUT2D eigenvalue weighted by Gasteiger charge is 2.41. The van der Waals surface area contributed by atoms with Gasteiger partial charge in [0.25, 0.3) is 0 Å². The number of methoxy groups -OCH3 is 1. The summed E-state index contributed by atoms with van der Waals surface area (Å²) in [7, 11) is 1.34. The smallest absolute Gasteiger partial charge is 0.338 e. The molecule has 1 saturated heterocycles. The molecular weight excluding hydrogens is 380 g/mol. The van der Waals surface area contributed by atoms with E-state index in [1.165, 1.54) is 18.9 Å². The molecule has 1 aromatic carbocycles. The van der Waals surface area contributed by atoms with Gasteiger partial charge < -0.3 is 4.74 Å². The minimum absolute atomic E-state index is 0.0238. The zero-order chi connectivity index (χ0) is 16.6. The number of esters is 1. The van der Waals surface area contributed by atoms with E-state index >= 15 is 0 Å². The number of hydrogen-bond acceptors (Lipinski definition) is 5. The SMILES string of the molecule is COC(=O)C1=C(C)N=C2SCCC(=O)N2C1c1ccc(Br)cc1. The van der Waals surface area contributed by atoms with Crippen molar-refractivity contribution in [1.29, 1.82) is 0 Å². The maximum absolute atomic E-state index is 12.5. The number of fused-ring (bicyclic) bond motifs is 1. The van der Waals surface area contributed by atoms with Gasteiger partial charge in [0.1, 0.15) is 0 Å². The molecule has 2 heterocycles. The molecule has 0 aromatic heterocycles. The molecule has 0 N–H and O–H groups in total. The molecule has 1 atom stereocenters. The largest absolute Gasteiger partial charge is 0.466 e. The third-order valence-corrected chi connectivity index (χ3v) is 5.28. The van der Waals surface area contributed by atoms with E-state index in [1.54, 1.807) is 11.8 Å². The molecule has 0 saturated carbocycles. The summed E-state index contributed by atoms with van der Waals surface area (Å²) in [6.07, 6.45) is 0.435. The Kier molecular flexibility index (Phi) is 4.59. The Hall–Kier alpha value is -1.60. The summed E-state index contributed by atoms with van der Waals surface area (Å²) in [4.78, 5) is 30.9. The van der Waals surface area contributed by atoms with E-state index in [2.05, 4.69) is 20.9 Å². The lowest BCUT2D eigenvalue weighted by molar-refractivity contribution is -0.137. The summed E-state index contributed by atoms with van der Waals surface area (Å²) in [5.74, 6) is 0.230. The second-order valence-electron chi connectivity index (χ2n) is 5.20. The van der Waals surface area contributed by atoms with E-state index in [1.807, 2.05) is 24.3 Å². The van der Waals surface area contributed by atoms with E-state index in [0.29, 0.717) is 28.6 Å². The van der Waals surface area contributed by atoms with Gasteiger partial charge in [0, 0.05) is 16.6 Å². The van der Waals surface area contributed by atoms with Crippen LogP contribution in [0.3, 0.4) is 0 Å². The summed E-state index contributed by atoms with van der Waals surface area (Å²) in [6.45, 7) is 1.78. The van der Waals surface area contributed by atoms with E-state index in [-0.39, 0.29) is 5.91 Å². The number of allylic oxidation sites excluding steroid dienone is 1. The predicted octanol–water partition coefficient (Wildman–Crippen LogP) is 3.27. The number of carbonyl (C=O) groups is 2. The van der Waals surface area contributed by atoms with Gasteiger partial charge in [-0.15, -0.1) is 0 Å². The quantitative estimate of drug-likeness (QED) is 0.722.